The summed E-state index contributed by atoms with van der Waals surface area (Å²) in [4.78, 5) is 0. The average molecular weight is 529 g/mol. The lowest BCUT2D eigenvalue weighted by Crippen LogP contribution is -2.37. The molecule has 7 rings (SSSR count). The summed E-state index contributed by atoms with van der Waals surface area (Å²) < 4.78 is 0. The van der Waals surface area contributed by atoms with Gasteiger partial charge >= 0.3 is 0 Å². The highest BCUT2D eigenvalue weighted by atomic mass is 28.3. The van der Waals surface area contributed by atoms with Crippen LogP contribution in [0.2, 0.25) is 19.6 Å². The van der Waals surface area contributed by atoms with Gasteiger partial charge in [0, 0.05) is 0 Å². The van der Waals surface area contributed by atoms with E-state index in [1.165, 1.54) is 70.9 Å². The number of hydrogen-bond donors (Lipinski definition) is 0. The molecule has 0 amide bonds. The van der Waals surface area contributed by atoms with E-state index in [1.54, 1.807) is 0 Å². The van der Waals surface area contributed by atoms with E-state index in [0.717, 1.165) is 0 Å². The third-order valence-electron chi connectivity index (χ3n) is 8.20. The molecule has 192 valence electrons. The minimum Gasteiger partial charge on any atom is -0.0656 e. The van der Waals surface area contributed by atoms with E-state index in [4.69, 9.17) is 0 Å². The van der Waals surface area contributed by atoms with E-state index in [-0.39, 0.29) is 0 Å². The molecule has 0 bridgehead atoms. The highest BCUT2D eigenvalue weighted by Crippen LogP contribution is 2.44. The minimum atomic E-state index is -1.46. The van der Waals surface area contributed by atoms with Crippen molar-refractivity contribution in [1.29, 1.82) is 0 Å². The molecule has 1 heteroatoms. The zero-order chi connectivity index (χ0) is 27.3. The fourth-order valence-electron chi connectivity index (χ4n) is 6.19. The van der Waals surface area contributed by atoms with Crippen LogP contribution in [0.3, 0.4) is 0 Å². The van der Waals surface area contributed by atoms with Crippen molar-refractivity contribution < 1.29 is 0 Å². The summed E-state index contributed by atoms with van der Waals surface area (Å²) in [5, 5.41) is 9.24. The Balaban J connectivity index is 1.55. The van der Waals surface area contributed by atoms with Crippen LogP contribution in [0.5, 0.6) is 0 Å². The minimum absolute atomic E-state index is 1.25. The van der Waals surface area contributed by atoms with E-state index >= 15 is 0 Å². The molecule has 7 aromatic carbocycles. The van der Waals surface area contributed by atoms with Gasteiger partial charge in [-0.05, 0) is 71.8 Å². The third-order valence-corrected chi connectivity index (χ3v) is 10.2. The van der Waals surface area contributed by atoms with Gasteiger partial charge in [0.2, 0.25) is 0 Å². The van der Waals surface area contributed by atoms with E-state index < -0.39 is 8.07 Å². The van der Waals surface area contributed by atoms with E-state index in [2.05, 4.69) is 159 Å². The molecule has 0 heterocycles. The molecule has 40 heavy (non-hydrogen) atoms. The molecule has 0 aliphatic carbocycles. The quantitative estimate of drug-likeness (QED) is 0.157. The molecule has 0 nitrogen and oxygen atoms in total. The fraction of sp³-hybridized carbons (Fsp3) is 0.0769. The Morgan fingerprint density at radius 2 is 0.900 bits per heavy atom. The van der Waals surface area contributed by atoms with Gasteiger partial charge < -0.3 is 0 Å². The van der Waals surface area contributed by atoms with Crippen LogP contribution in [0.25, 0.3) is 65.7 Å². The van der Waals surface area contributed by atoms with E-state index in [0.29, 0.717) is 0 Å². The fourth-order valence-corrected chi connectivity index (χ4v) is 7.37. The molecule has 0 fully saturated rings. The van der Waals surface area contributed by atoms with Crippen LogP contribution in [-0.2, 0) is 0 Å². The van der Waals surface area contributed by atoms with Crippen LogP contribution in [0.15, 0.2) is 140 Å². The highest BCUT2D eigenvalue weighted by molar-refractivity contribution is 6.88. The summed E-state index contributed by atoms with van der Waals surface area (Å²) >= 11 is 0. The van der Waals surface area contributed by atoms with Gasteiger partial charge in [0.05, 0.1) is 8.07 Å². The van der Waals surface area contributed by atoms with Gasteiger partial charge in [-0.15, -0.1) is 0 Å². The van der Waals surface area contributed by atoms with Gasteiger partial charge in [-0.1, -0.05) is 158 Å². The standard InChI is InChI=1S/C39H32Si/c1-40(2,3)31-17-11-16-29(25-31)38-33-18-7-9-20-35(33)39(36-21-10-8-19-34(36)38)30-24-23-28-15-12-22-32(37(28)26-30)27-13-5-4-6-14-27/h4-26H,1-3H3. The predicted octanol–water partition coefficient (Wildman–Crippen LogP) is 10.7. The molecule has 0 unspecified atom stereocenters. The summed E-state index contributed by atoms with van der Waals surface area (Å²) in [6.45, 7) is 7.28. The molecule has 0 aromatic heterocycles. The van der Waals surface area contributed by atoms with Crippen molar-refractivity contribution in [2.45, 2.75) is 19.6 Å². The van der Waals surface area contributed by atoms with Crippen LogP contribution < -0.4 is 5.19 Å². The Hall–Kier alpha value is -4.46. The van der Waals surface area contributed by atoms with Gasteiger partial charge in [0.25, 0.3) is 0 Å². The maximum absolute atomic E-state index is 2.45. The lowest BCUT2D eigenvalue weighted by atomic mass is 9.85. The Labute approximate surface area is 237 Å². The van der Waals surface area contributed by atoms with Crippen LogP contribution in [0.1, 0.15) is 0 Å². The molecule has 0 spiro atoms. The van der Waals surface area contributed by atoms with Gasteiger partial charge in [-0.3, -0.25) is 0 Å². The summed E-state index contributed by atoms with van der Waals surface area (Å²) in [5.41, 5.74) is 7.72. The zero-order valence-corrected chi connectivity index (χ0v) is 24.3. The smallest absolute Gasteiger partial charge is 0.0656 e. The van der Waals surface area contributed by atoms with Gasteiger partial charge in [-0.2, -0.15) is 0 Å². The van der Waals surface area contributed by atoms with Crippen molar-refractivity contribution in [3.63, 3.8) is 0 Å². The van der Waals surface area contributed by atoms with Crippen LogP contribution in [0.4, 0.5) is 0 Å². The lowest BCUT2D eigenvalue weighted by molar-refractivity contribution is 1.64. The topological polar surface area (TPSA) is 0 Å². The van der Waals surface area contributed by atoms with Gasteiger partial charge in [-0.25, -0.2) is 0 Å². The molecule has 0 atom stereocenters. The van der Waals surface area contributed by atoms with Crippen LogP contribution in [0, 0.1) is 0 Å². The first kappa shape index (κ1) is 24.6. The Kier molecular flexibility index (Phi) is 5.91. The molecule has 0 N–H and O–H groups in total. The Morgan fingerprint density at radius 1 is 0.375 bits per heavy atom. The van der Waals surface area contributed by atoms with Crippen molar-refractivity contribution in [1.82, 2.24) is 0 Å². The number of hydrogen-bond acceptors (Lipinski definition) is 0. The molecule has 0 aliphatic heterocycles. The average Bonchev–Trinajstić information content (AvgIpc) is 2.99. The second-order valence-electron chi connectivity index (χ2n) is 11.8. The molecular weight excluding hydrogens is 497 g/mol. The molecule has 7 aromatic rings. The number of benzene rings is 7. The van der Waals surface area contributed by atoms with Crippen molar-refractivity contribution in [2.24, 2.45) is 0 Å². The molecule has 0 saturated carbocycles. The van der Waals surface area contributed by atoms with Crippen molar-refractivity contribution in [3.8, 4) is 33.4 Å². The molecule has 0 saturated heterocycles. The van der Waals surface area contributed by atoms with Crippen molar-refractivity contribution >= 4 is 45.6 Å². The Bertz CT molecular complexity index is 1970. The van der Waals surface area contributed by atoms with E-state index in [9.17, 15) is 0 Å². The monoisotopic (exact) mass is 528 g/mol. The maximum atomic E-state index is 2.45. The largest absolute Gasteiger partial charge is 0.0776 e. The number of rotatable bonds is 4. The first-order chi connectivity index (χ1) is 19.5. The van der Waals surface area contributed by atoms with Crippen molar-refractivity contribution in [3.05, 3.63) is 140 Å². The predicted molar refractivity (Wildman–Crippen MR) is 178 cm³/mol. The van der Waals surface area contributed by atoms with Gasteiger partial charge in [0.15, 0.2) is 0 Å². The molecule has 0 radical (unpaired) electrons. The second kappa shape index (κ2) is 9.62. The SMILES string of the molecule is C[Si](C)(C)c1cccc(-c2c3ccccc3c(-c3ccc4cccc(-c5ccccc5)c4c3)c3ccccc23)c1. The zero-order valence-electron chi connectivity index (χ0n) is 23.3. The van der Waals surface area contributed by atoms with E-state index in [1.807, 2.05) is 0 Å². The van der Waals surface area contributed by atoms with Crippen LogP contribution >= 0.6 is 0 Å². The Morgan fingerprint density at radius 3 is 1.50 bits per heavy atom. The summed E-state index contributed by atoms with van der Waals surface area (Å²) in [6.07, 6.45) is 0. The summed E-state index contributed by atoms with van der Waals surface area (Å²) in [7, 11) is -1.46. The van der Waals surface area contributed by atoms with Crippen LogP contribution in [-0.4, -0.2) is 8.07 Å². The van der Waals surface area contributed by atoms with Crippen molar-refractivity contribution in [2.75, 3.05) is 0 Å². The highest BCUT2D eigenvalue weighted by Gasteiger charge is 2.20. The summed E-state index contributed by atoms with van der Waals surface area (Å²) in [6, 6.07) is 51.6. The van der Waals surface area contributed by atoms with Gasteiger partial charge in [0.1, 0.15) is 0 Å². The second-order valence-corrected chi connectivity index (χ2v) is 16.9. The summed E-state index contributed by atoms with van der Waals surface area (Å²) in [5.74, 6) is 0. The number of fused-ring (bicyclic) bond motifs is 3. The molecule has 0 aliphatic rings. The normalized spacial score (nSPS) is 11.9. The molecular formula is C39H32Si. The first-order valence-electron chi connectivity index (χ1n) is 14.1. The lowest BCUT2D eigenvalue weighted by Gasteiger charge is -2.21. The maximum Gasteiger partial charge on any atom is 0.0776 e. The first-order valence-corrected chi connectivity index (χ1v) is 17.6. The third kappa shape index (κ3) is 4.15.